The van der Waals surface area contributed by atoms with Crippen LogP contribution in [0.25, 0.3) is 0 Å². The van der Waals surface area contributed by atoms with E-state index in [9.17, 15) is 9.18 Å². The van der Waals surface area contributed by atoms with E-state index in [1.54, 1.807) is 18.2 Å². The number of anilines is 1. The molecule has 0 bridgehead atoms. The van der Waals surface area contributed by atoms with Crippen LogP contribution in [-0.4, -0.2) is 18.1 Å². The van der Waals surface area contributed by atoms with Crippen molar-refractivity contribution < 1.29 is 13.9 Å². The van der Waals surface area contributed by atoms with Crippen LogP contribution in [0, 0.1) is 17.1 Å². The van der Waals surface area contributed by atoms with Crippen LogP contribution in [0.15, 0.2) is 36.5 Å². The average Bonchev–Trinajstić information content (AvgIpc) is 2.52. The highest BCUT2D eigenvalue weighted by atomic mass is 19.1. The molecule has 0 amide bonds. The third kappa shape index (κ3) is 3.34. The molecule has 6 heteroatoms. The maximum Gasteiger partial charge on any atom is 0.339 e. The van der Waals surface area contributed by atoms with Crippen molar-refractivity contribution in [1.82, 2.24) is 4.98 Å². The van der Waals surface area contributed by atoms with Gasteiger partial charge in [-0.1, -0.05) is 6.07 Å². The Morgan fingerprint density at radius 3 is 2.86 bits per heavy atom. The number of aromatic nitrogens is 1. The molecule has 5 nitrogen and oxygen atoms in total. The van der Waals surface area contributed by atoms with Gasteiger partial charge in [-0.3, -0.25) is 4.98 Å². The molecule has 0 aliphatic heterocycles. The number of ether oxygens (including phenoxy) is 1. The SMILES string of the molecule is COC(=O)c1ccc(CNc2cccc(F)c2C#N)nc1. The van der Waals surface area contributed by atoms with Crippen LogP contribution in [0.2, 0.25) is 0 Å². The fourth-order valence-corrected chi connectivity index (χ4v) is 1.74. The number of rotatable bonds is 4. The maximum atomic E-state index is 13.4. The summed E-state index contributed by atoms with van der Waals surface area (Å²) in [5.74, 6) is -1.03. The number of carbonyl (C=O) groups is 1. The van der Waals surface area contributed by atoms with Crippen LogP contribution in [0.1, 0.15) is 21.6 Å². The lowest BCUT2D eigenvalue weighted by Gasteiger charge is -2.08. The van der Waals surface area contributed by atoms with Crippen molar-refractivity contribution in [2.24, 2.45) is 0 Å². The normalized spacial score (nSPS) is 9.76. The zero-order chi connectivity index (χ0) is 15.2. The minimum absolute atomic E-state index is 0.0383. The summed E-state index contributed by atoms with van der Waals surface area (Å²) in [6.45, 7) is 0.305. The standard InChI is InChI=1S/C15H12FN3O2/c1-21-15(20)10-5-6-11(18-8-10)9-19-14-4-2-3-13(16)12(14)7-17/h2-6,8,19H,9H2,1H3. The summed E-state index contributed by atoms with van der Waals surface area (Å²) in [5, 5.41) is 11.9. The zero-order valence-electron chi connectivity index (χ0n) is 11.3. The van der Waals surface area contributed by atoms with Crippen LogP contribution in [0.3, 0.4) is 0 Å². The summed E-state index contributed by atoms with van der Waals surface area (Å²) in [4.78, 5) is 15.4. The Morgan fingerprint density at radius 2 is 2.24 bits per heavy atom. The molecule has 1 aromatic carbocycles. The van der Waals surface area contributed by atoms with Crippen molar-refractivity contribution in [1.29, 1.82) is 5.26 Å². The zero-order valence-corrected chi connectivity index (χ0v) is 11.3. The van der Waals surface area contributed by atoms with E-state index in [4.69, 9.17) is 5.26 Å². The number of hydrogen-bond acceptors (Lipinski definition) is 5. The third-order valence-corrected chi connectivity index (χ3v) is 2.83. The predicted octanol–water partition coefficient (Wildman–Crippen LogP) is 2.49. The summed E-state index contributed by atoms with van der Waals surface area (Å²) in [5.41, 5.74) is 1.36. The second-order valence-electron chi connectivity index (χ2n) is 4.16. The highest BCUT2D eigenvalue weighted by molar-refractivity contribution is 5.88. The van der Waals surface area contributed by atoms with Gasteiger partial charge in [-0.25, -0.2) is 9.18 Å². The minimum Gasteiger partial charge on any atom is -0.465 e. The molecular formula is C15H12FN3O2. The number of carbonyl (C=O) groups excluding carboxylic acids is 1. The van der Waals surface area contributed by atoms with Gasteiger partial charge in [-0.2, -0.15) is 5.26 Å². The van der Waals surface area contributed by atoms with Crippen LogP contribution in [0.5, 0.6) is 0 Å². The first-order valence-corrected chi connectivity index (χ1v) is 6.11. The largest absolute Gasteiger partial charge is 0.465 e. The monoisotopic (exact) mass is 285 g/mol. The van der Waals surface area contributed by atoms with E-state index >= 15 is 0 Å². The molecule has 0 saturated heterocycles. The molecule has 0 fully saturated rings. The molecular weight excluding hydrogens is 273 g/mol. The van der Waals surface area contributed by atoms with Crippen molar-refractivity contribution in [2.45, 2.75) is 6.54 Å². The topological polar surface area (TPSA) is 75.0 Å². The third-order valence-electron chi connectivity index (χ3n) is 2.83. The number of pyridine rings is 1. The number of esters is 1. The molecule has 21 heavy (non-hydrogen) atoms. The summed E-state index contributed by atoms with van der Waals surface area (Å²) in [6.07, 6.45) is 1.40. The van der Waals surface area contributed by atoms with Gasteiger partial charge in [0.25, 0.3) is 0 Å². The Hall–Kier alpha value is -2.94. The van der Waals surface area contributed by atoms with E-state index in [0.717, 1.165) is 0 Å². The van der Waals surface area contributed by atoms with Gasteiger partial charge in [0.05, 0.1) is 30.6 Å². The molecule has 0 atom stereocenters. The first kappa shape index (κ1) is 14.5. The minimum atomic E-state index is -0.573. The molecule has 0 aliphatic rings. The summed E-state index contributed by atoms with van der Waals surface area (Å²) in [6, 6.07) is 9.42. The van der Waals surface area contributed by atoms with Crippen molar-refractivity contribution in [3.8, 4) is 6.07 Å². The first-order chi connectivity index (χ1) is 10.2. The smallest absolute Gasteiger partial charge is 0.339 e. The van der Waals surface area contributed by atoms with Gasteiger partial charge < -0.3 is 10.1 Å². The van der Waals surface area contributed by atoms with Crippen LogP contribution >= 0.6 is 0 Å². The van der Waals surface area contributed by atoms with Gasteiger partial charge >= 0.3 is 5.97 Å². The molecule has 1 heterocycles. The van der Waals surface area contributed by atoms with E-state index in [0.29, 0.717) is 23.5 Å². The second-order valence-corrected chi connectivity index (χ2v) is 4.16. The number of hydrogen-bond donors (Lipinski definition) is 1. The molecule has 1 N–H and O–H groups in total. The van der Waals surface area contributed by atoms with Crippen molar-refractivity contribution in [2.75, 3.05) is 12.4 Å². The van der Waals surface area contributed by atoms with Crippen molar-refractivity contribution in [3.05, 3.63) is 59.2 Å². The first-order valence-electron chi connectivity index (χ1n) is 6.11. The van der Waals surface area contributed by atoms with Gasteiger partial charge in [-0.15, -0.1) is 0 Å². The second kappa shape index (κ2) is 6.48. The number of methoxy groups -OCH3 is 1. The molecule has 0 spiro atoms. The highest BCUT2D eigenvalue weighted by Crippen LogP contribution is 2.18. The molecule has 2 aromatic rings. The molecule has 106 valence electrons. The lowest BCUT2D eigenvalue weighted by molar-refractivity contribution is 0.0600. The van der Waals surface area contributed by atoms with Crippen molar-refractivity contribution >= 4 is 11.7 Å². The van der Waals surface area contributed by atoms with Gasteiger partial charge in [-0.05, 0) is 24.3 Å². The van der Waals surface area contributed by atoms with Crippen LogP contribution in [-0.2, 0) is 11.3 Å². The fraction of sp³-hybridized carbons (Fsp3) is 0.133. The molecule has 1 aromatic heterocycles. The number of nitrogens with zero attached hydrogens (tertiary/aromatic N) is 2. The van der Waals surface area contributed by atoms with Crippen molar-refractivity contribution in [3.63, 3.8) is 0 Å². The Morgan fingerprint density at radius 1 is 1.43 bits per heavy atom. The van der Waals surface area contributed by atoms with E-state index < -0.39 is 11.8 Å². The maximum absolute atomic E-state index is 13.4. The molecule has 0 aliphatic carbocycles. The van der Waals surface area contributed by atoms with E-state index in [-0.39, 0.29) is 5.56 Å². The lowest BCUT2D eigenvalue weighted by Crippen LogP contribution is -2.06. The van der Waals surface area contributed by atoms with Gasteiger partial charge in [0, 0.05) is 6.20 Å². The predicted molar refractivity (Wildman–Crippen MR) is 74.0 cm³/mol. The number of benzene rings is 1. The summed E-state index contributed by atoms with van der Waals surface area (Å²) >= 11 is 0. The van der Waals surface area contributed by atoms with Gasteiger partial charge in [0.1, 0.15) is 17.4 Å². The Kier molecular flexibility index (Phi) is 4.46. The highest BCUT2D eigenvalue weighted by Gasteiger charge is 2.08. The lowest BCUT2D eigenvalue weighted by atomic mass is 10.2. The van der Waals surface area contributed by atoms with E-state index in [2.05, 4.69) is 15.0 Å². The Balaban J connectivity index is 2.09. The Labute approximate surface area is 121 Å². The quantitative estimate of drug-likeness (QED) is 0.873. The Bertz CT molecular complexity index is 693. The molecule has 0 unspecified atom stereocenters. The molecule has 0 saturated carbocycles. The van der Waals surface area contributed by atoms with E-state index in [1.165, 1.54) is 25.4 Å². The number of halogens is 1. The fourth-order valence-electron chi connectivity index (χ4n) is 1.74. The molecule has 0 radical (unpaired) electrons. The number of nitriles is 1. The van der Waals surface area contributed by atoms with E-state index in [1.807, 2.05) is 6.07 Å². The van der Waals surface area contributed by atoms with Crippen LogP contribution < -0.4 is 5.32 Å². The summed E-state index contributed by atoms with van der Waals surface area (Å²) < 4.78 is 18.0. The van der Waals surface area contributed by atoms with Crippen LogP contribution in [0.4, 0.5) is 10.1 Å². The average molecular weight is 285 g/mol. The number of nitrogens with one attached hydrogen (secondary N) is 1. The van der Waals surface area contributed by atoms with Gasteiger partial charge in [0.15, 0.2) is 0 Å². The molecule has 2 rings (SSSR count). The summed E-state index contributed by atoms with van der Waals surface area (Å²) in [7, 11) is 1.30. The van der Waals surface area contributed by atoms with Gasteiger partial charge in [0.2, 0.25) is 0 Å².